The number of hydrogen-bond donors (Lipinski definition) is 0. The van der Waals surface area contributed by atoms with Gasteiger partial charge in [0.25, 0.3) is 0 Å². The molecule has 0 bridgehead atoms. The molecule has 1 fully saturated rings. The van der Waals surface area contributed by atoms with Crippen LogP contribution in [0.15, 0.2) is 42.7 Å². The first-order valence-electron chi connectivity index (χ1n) is 8.71. The van der Waals surface area contributed by atoms with Gasteiger partial charge in [0.2, 0.25) is 0 Å². The first kappa shape index (κ1) is 16.4. The summed E-state index contributed by atoms with van der Waals surface area (Å²) in [6.07, 6.45) is 5.70. The van der Waals surface area contributed by atoms with Crippen LogP contribution in [0.2, 0.25) is 5.02 Å². The highest BCUT2D eigenvalue weighted by atomic mass is 35.5. The highest BCUT2D eigenvalue weighted by molar-refractivity contribution is 6.33. The minimum Gasteiger partial charge on any atom is -0.381 e. The SMILES string of the molecule is CCn1ncc2c(N(c3ccccc3Cl)C3CCOCC3)ccnc21. The number of aryl methyl sites for hydroxylation is 1. The van der Waals surface area contributed by atoms with Gasteiger partial charge >= 0.3 is 0 Å². The van der Waals surface area contributed by atoms with Gasteiger partial charge in [0, 0.05) is 32.0 Å². The van der Waals surface area contributed by atoms with E-state index >= 15 is 0 Å². The number of ether oxygens (including phenoxy) is 1. The van der Waals surface area contributed by atoms with E-state index in [0.717, 1.165) is 60.0 Å². The Morgan fingerprint density at radius 3 is 2.76 bits per heavy atom. The molecule has 0 atom stereocenters. The van der Waals surface area contributed by atoms with E-state index in [1.54, 1.807) is 0 Å². The largest absolute Gasteiger partial charge is 0.381 e. The molecule has 0 spiro atoms. The molecule has 0 N–H and O–H groups in total. The van der Waals surface area contributed by atoms with Crippen LogP contribution in [0.25, 0.3) is 11.0 Å². The van der Waals surface area contributed by atoms with Crippen LogP contribution in [0.1, 0.15) is 19.8 Å². The second kappa shape index (κ2) is 7.02. The summed E-state index contributed by atoms with van der Waals surface area (Å²) in [5.74, 6) is 0. The molecule has 1 aromatic carbocycles. The second-order valence-corrected chi connectivity index (χ2v) is 6.60. The lowest BCUT2D eigenvalue weighted by Crippen LogP contribution is -2.36. The summed E-state index contributed by atoms with van der Waals surface area (Å²) in [5.41, 5.74) is 3.03. The van der Waals surface area contributed by atoms with Crippen LogP contribution in [0.5, 0.6) is 0 Å². The first-order valence-corrected chi connectivity index (χ1v) is 9.09. The van der Waals surface area contributed by atoms with Gasteiger partial charge in [-0.15, -0.1) is 0 Å². The van der Waals surface area contributed by atoms with Crippen molar-refractivity contribution in [3.05, 3.63) is 47.7 Å². The number of benzene rings is 1. The monoisotopic (exact) mass is 356 g/mol. The number of pyridine rings is 1. The van der Waals surface area contributed by atoms with E-state index in [-0.39, 0.29) is 0 Å². The fourth-order valence-electron chi connectivity index (χ4n) is 3.52. The molecule has 6 heteroatoms. The minimum absolute atomic E-state index is 0.337. The average Bonchev–Trinajstić information content (AvgIpc) is 3.08. The Morgan fingerprint density at radius 1 is 1.20 bits per heavy atom. The maximum Gasteiger partial charge on any atom is 0.159 e. The van der Waals surface area contributed by atoms with Gasteiger partial charge in [-0.1, -0.05) is 23.7 Å². The molecule has 25 heavy (non-hydrogen) atoms. The molecule has 1 aliphatic rings. The lowest BCUT2D eigenvalue weighted by Gasteiger charge is -2.36. The van der Waals surface area contributed by atoms with Gasteiger partial charge in [-0.3, -0.25) is 0 Å². The smallest absolute Gasteiger partial charge is 0.159 e. The lowest BCUT2D eigenvalue weighted by atomic mass is 10.0. The number of para-hydroxylation sites is 1. The molecule has 130 valence electrons. The zero-order valence-corrected chi connectivity index (χ0v) is 15.0. The summed E-state index contributed by atoms with van der Waals surface area (Å²) >= 11 is 6.56. The fourth-order valence-corrected chi connectivity index (χ4v) is 3.75. The predicted molar refractivity (Wildman–Crippen MR) is 101 cm³/mol. The maximum atomic E-state index is 6.56. The minimum atomic E-state index is 0.337. The number of anilines is 2. The highest BCUT2D eigenvalue weighted by Gasteiger charge is 2.26. The van der Waals surface area contributed by atoms with Crippen LogP contribution in [-0.4, -0.2) is 34.0 Å². The van der Waals surface area contributed by atoms with E-state index in [0.29, 0.717) is 6.04 Å². The molecular weight excluding hydrogens is 336 g/mol. The molecule has 4 rings (SSSR count). The standard InChI is InChI=1S/C19H21ClN4O/c1-2-23-19-15(13-22-23)17(7-10-21-19)24(14-8-11-25-12-9-14)18-6-4-3-5-16(18)20/h3-7,10,13-14H,2,8-9,11-12H2,1H3. The Kier molecular flexibility index (Phi) is 4.59. The number of rotatable bonds is 4. The van der Waals surface area contributed by atoms with Crippen LogP contribution >= 0.6 is 11.6 Å². The van der Waals surface area contributed by atoms with E-state index in [9.17, 15) is 0 Å². The summed E-state index contributed by atoms with van der Waals surface area (Å²) in [6.45, 7) is 4.41. The Morgan fingerprint density at radius 2 is 2.00 bits per heavy atom. The van der Waals surface area contributed by atoms with Gasteiger partial charge in [-0.2, -0.15) is 5.10 Å². The molecular formula is C19H21ClN4O. The Hall–Kier alpha value is -2.11. The summed E-state index contributed by atoms with van der Waals surface area (Å²) in [5, 5.41) is 6.29. The molecule has 2 aromatic heterocycles. The Labute approximate surface area is 152 Å². The molecule has 0 aliphatic carbocycles. The number of hydrogen-bond acceptors (Lipinski definition) is 4. The molecule has 1 saturated heterocycles. The second-order valence-electron chi connectivity index (χ2n) is 6.19. The van der Waals surface area contributed by atoms with Gasteiger partial charge in [-0.25, -0.2) is 9.67 Å². The molecule has 1 aliphatic heterocycles. The van der Waals surface area contributed by atoms with E-state index < -0.39 is 0 Å². The van der Waals surface area contributed by atoms with Gasteiger partial charge in [0.15, 0.2) is 5.65 Å². The van der Waals surface area contributed by atoms with Gasteiger partial charge < -0.3 is 9.64 Å². The molecule has 0 radical (unpaired) electrons. The molecule has 3 heterocycles. The zero-order valence-electron chi connectivity index (χ0n) is 14.2. The number of halogens is 1. The van der Waals surface area contributed by atoms with Crippen molar-refractivity contribution in [3.63, 3.8) is 0 Å². The van der Waals surface area contributed by atoms with E-state index in [4.69, 9.17) is 16.3 Å². The third kappa shape index (κ3) is 2.98. The van der Waals surface area contributed by atoms with E-state index in [2.05, 4.69) is 34.0 Å². The first-order chi connectivity index (χ1) is 12.3. The quantitative estimate of drug-likeness (QED) is 0.694. The van der Waals surface area contributed by atoms with Gasteiger partial charge in [-0.05, 0) is 38.0 Å². The summed E-state index contributed by atoms with van der Waals surface area (Å²) in [6, 6.07) is 10.4. The third-order valence-corrected chi connectivity index (χ3v) is 5.06. The zero-order chi connectivity index (χ0) is 17.2. The number of aromatic nitrogens is 3. The number of fused-ring (bicyclic) bond motifs is 1. The van der Waals surface area contributed by atoms with Crippen LogP contribution in [-0.2, 0) is 11.3 Å². The number of nitrogens with zero attached hydrogens (tertiary/aromatic N) is 4. The van der Waals surface area contributed by atoms with Crippen LogP contribution in [0, 0.1) is 0 Å². The summed E-state index contributed by atoms with van der Waals surface area (Å²) in [7, 11) is 0. The Bertz CT molecular complexity index is 873. The average molecular weight is 357 g/mol. The fraction of sp³-hybridized carbons (Fsp3) is 0.368. The third-order valence-electron chi connectivity index (χ3n) is 4.74. The highest BCUT2D eigenvalue weighted by Crippen LogP contribution is 2.39. The van der Waals surface area contributed by atoms with Crippen molar-refractivity contribution in [2.75, 3.05) is 18.1 Å². The van der Waals surface area contributed by atoms with E-state index in [1.165, 1.54) is 0 Å². The molecule has 0 amide bonds. The summed E-state index contributed by atoms with van der Waals surface area (Å²) in [4.78, 5) is 6.88. The van der Waals surface area contributed by atoms with Crippen LogP contribution in [0.3, 0.4) is 0 Å². The van der Waals surface area contributed by atoms with Crippen molar-refractivity contribution in [1.82, 2.24) is 14.8 Å². The van der Waals surface area contributed by atoms with Gasteiger partial charge in [0.05, 0.1) is 28.0 Å². The van der Waals surface area contributed by atoms with E-state index in [1.807, 2.05) is 35.3 Å². The van der Waals surface area contributed by atoms with Crippen molar-refractivity contribution in [1.29, 1.82) is 0 Å². The van der Waals surface area contributed by atoms with Crippen molar-refractivity contribution >= 4 is 34.0 Å². The van der Waals surface area contributed by atoms with Crippen molar-refractivity contribution in [2.24, 2.45) is 0 Å². The maximum absolute atomic E-state index is 6.56. The molecule has 0 unspecified atom stereocenters. The lowest BCUT2D eigenvalue weighted by molar-refractivity contribution is 0.0866. The van der Waals surface area contributed by atoms with Crippen molar-refractivity contribution < 1.29 is 4.74 Å². The summed E-state index contributed by atoms with van der Waals surface area (Å²) < 4.78 is 7.50. The molecule has 3 aromatic rings. The van der Waals surface area contributed by atoms with Crippen molar-refractivity contribution in [3.8, 4) is 0 Å². The predicted octanol–water partition coefficient (Wildman–Crippen LogP) is 4.42. The van der Waals surface area contributed by atoms with Gasteiger partial charge in [0.1, 0.15) is 0 Å². The van der Waals surface area contributed by atoms with Crippen LogP contribution in [0.4, 0.5) is 11.4 Å². The van der Waals surface area contributed by atoms with Crippen LogP contribution < -0.4 is 4.90 Å². The Balaban J connectivity index is 1.89. The normalized spacial score (nSPS) is 15.6. The molecule has 5 nitrogen and oxygen atoms in total. The van der Waals surface area contributed by atoms with Crippen molar-refractivity contribution in [2.45, 2.75) is 32.4 Å². The molecule has 0 saturated carbocycles. The topological polar surface area (TPSA) is 43.2 Å².